The van der Waals surface area contributed by atoms with Crippen molar-refractivity contribution in [3.63, 3.8) is 0 Å². The molecule has 0 fully saturated rings. The molecule has 1 aromatic carbocycles. The van der Waals surface area contributed by atoms with E-state index in [1.54, 1.807) is 0 Å². The smallest absolute Gasteiger partial charge is 0.254 e. The number of carbonyl (C=O) groups is 1. The first-order valence-electron chi connectivity index (χ1n) is 7.27. The molecule has 0 aliphatic carbocycles. The van der Waals surface area contributed by atoms with E-state index in [0.717, 1.165) is 30.1 Å². The van der Waals surface area contributed by atoms with Crippen LogP contribution >= 0.6 is 0 Å². The average molecular weight is 288 g/mol. The summed E-state index contributed by atoms with van der Waals surface area (Å²) in [5.41, 5.74) is 2.00. The number of aliphatic imine (C=N–C) groups is 1. The number of carbonyl (C=O) groups excluding carboxylic acids is 1. The van der Waals surface area contributed by atoms with Gasteiger partial charge in [-0.3, -0.25) is 9.79 Å². The third-order valence-electron chi connectivity index (χ3n) is 3.61. The first-order valence-corrected chi connectivity index (χ1v) is 7.27. The lowest BCUT2D eigenvalue weighted by atomic mass is 9.99. The predicted molar refractivity (Wildman–Crippen MR) is 85.7 cm³/mol. The highest BCUT2D eigenvalue weighted by molar-refractivity contribution is 5.96. The van der Waals surface area contributed by atoms with Crippen molar-refractivity contribution in [2.24, 2.45) is 4.99 Å². The van der Waals surface area contributed by atoms with Crippen molar-refractivity contribution in [1.29, 1.82) is 0 Å². The quantitative estimate of drug-likeness (QED) is 0.619. The lowest BCUT2D eigenvalue weighted by Gasteiger charge is -2.28. The number of hydrogen-bond donors (Lipinski definition) is 0. The van der Waals surface area contributed by atoms with Crippen molar-refractivity contribution >= 4 is 11.9 Å². The molecule has 114 valence electrons. The third-order valence-corrected chi connectivity index (χ3v) is 3.61. The molecule has 1 amide bonds. The molecular weight excluding hydrogens is 264 g/mol. The van der Waals surface area contributed by atoms with E-state index in [2.05, 4.69) is 4.99 Å². The fraction of sp³-hybridized carbons (Fsp3) is 0.500. The van der Waals surface area contributed by atoms with Gasteiger partial charge in [0.05, 0.1) is 6.54 Å². The molecule has 1 aliphatic heterocycles. The van der Waals surface area contributed by atoms with Crippen LogP contribution in [0.4, 0.5) is 0 Å². The maximum Gasteiger partial charge on any atom is 0.254 e. The molecule has 0 saturated carbocycles. The number of benzene rings is 1. The summed E-state index contributed by atoms with van der Waals surface area (Å²) in [4.78, 5) is 22.9. The Hall–Kier alpha value is -2.04. The van der Waals surface area contributed by atoms with Crippen LogP contribution in [0.1, 0.15) is 15.9 Å². The highest BCUT2D eigenvalue weighted by Gasteiger charge is 2.23. The van der Waals surface area contributed by atoms with Crippen molar-refractivity contribution in [3.8, 4) is 0 Å². The van der Waals surface area contributed by atoms with Crippen LogP contribution in [0.25, 0.3) is 0 Å². The molecule has 1 aromatic rings. The molecule has 5 nitrogen and oxygen atoms in total. The zero-order chi connectivity index (χ0) is 15.4. The van der Waals surface area contributed by atoms with Crippen LogP contribution < -0.4 is 0 Å². The van der Waals surface area contributed by atoms with E-state index in [1.165, 1.54) is 0 Å². The van der Waals surface area contributed by atoms with Crippen LogP contribution in [-0.2, 0) is 6.42 Å². The minimum absolute atomic E-state index is 0.128. The molecule has 21 heavy (non-hydrogen) atoms. The lowest BCUT2D eigenvalue weighted by Crippen LogP contribution is -2.40. The Kier molecular flexibility index (Phi) is 4.83. The van der Waals surface area contributed by atoms with Crippen molar-refractivity contribution in [3.05, 3.63) is 35.4 Å². The molecule has 0 aromatic heterocycles. The topological polar surface area (TPSA) is 39.1 Å². The lowest BCUT2D eigenvalue weighted by molar-refractivity contribution is 0.0745. The van der Waals surface area contributed by atoms with Crippen molar-refractivity contribution < 1.29 is 4.79 Å². The Bertz CT molecular complexity index is 527. The van der Waals surface area contributed by atoms with Gasteiger partial charge in [-0.1, -0.05) is 18.2 Å². The normalized spacial score (nSPS) is 13.7. The first-order chi connectivity index (χ1) is 10.0. The molecule has 0 spiro atoms. The van der Waals surface area contributed by atoms with E-state index in [1.807, 2.05) is 67.2 Å². The molecular formula is C16H24N4O. The minimum Gasteiger partial charge on any atom is -0.349 e. The van der Waals surface area contributed by atoms with E-state index in [0.29, 0.717) is 13.1 Å². The van der Waals surface area contributed by atoms with Gasteiger partial charge in [-0.15, -0.1) is 0 Å². The summed E-state index contributed by atoms with van der Waals surface area (Å²) in [5.74, 6) is 1.04. The number of amides is 1. The standard InChI is InChI=1S/C16H24N4O/c1-18(2)16(19(3)4)17-10-12-20-11-9-13-7-5-6-8-14(13)15(20)21/h5-8H,9-12H2,1-4H3. The Balaban J connectivity index is 1.99. The molecule has 2 rings (SSSR count). The summed E-state index contributed by atoms with van der Waals surface area (Å²) in [5, 5.41) is 0. The molecule has 0 unspecified atom stereocenters. The first kappa shape index (κ1) is 15.4. The fourth-order valence-electron chi connectivity index (χ4n) is 2.64. The Morgan fingerprint density at radius 3 is 2.52 bits per heavy atom. The zero-order valence-corrected chi connectivity index (χ0v) is 13.3. The molecule has 0 radical (unpaired) electrons. The van der Waals surface area contributed by atoms with E-state index in [4.69, 9.17) is 0 Å². The van der Waals surface area contributed by atoms with Crippen molar-refractivity contribution in [2.75, 3.05) is 47.8 Å². The van der Waals surface area contributed by atoms with E-state index in [-0.39, 0.29) is 5.91 Å². The van der Waals surface area contributed by atoms with Gasteiger partial charge in [-0.2, -0.15) is 0 Å². The zero-order valence-electron chi connectivity index (χ0n) is 13.3. The summed E-state index contributed by atoms with van der Waals surface area (Å²) >= 11 is 0. The molecule has 0 saturated heterocycles. The monoisotopic (exact) mass is 288 g/mol. The van der Waals surface area contributed by atoms with Crippen LogP contribution in [0.15, 0.2) is 29.3 Å². The second-order valence-electron chi connectivity index (χ2n) is 5.67. The second kappa shape index (κ2) is 6.61. The van der Waals surface area contributed by atoms with Gasteiger partial charge in [-0.25, -0.2) is 0 Å². The Labute approximate surface area is 126 Å². The summed E-state index contributed by atoms with van der Waals surface area (Å²) in [6, 6.07) is 7.87. The maximum atomic E-state index is 12.4. The molecule has 1 aliphatic rings. The fourth-order valence-corrected chi connectivity index (χ4v) is 2.64. The summed E-state index contributed by atoms with van der Waals surface area (Å²) in [7, 11) is 7.89. The van der Waals surface area contributed by atoms with Gasteiger partial charge in [-0.05, 0) is 18.1 Å². The van der Waals surface area contributed by atoms with Gasteiger partial charge in [0.15, 0.2) is 5.96 Å². The number of guanidine groups is 1. The largest absolute Gasteiger partial charge is 0.349 e. The maximum absolute atomic E-state index is 12.4. The second-order valence-corrected chi connectivity index (χ2v) is 5.67. The highest BCUT2D eigenvalue weighted by Crippen LogP contribution is 2.18. The van der Waals surface area contributed by atoms with Crippen LogP contribution in [0.2, 0.25) is 0 Å². The van der Waals surface area contributed by atoms with E-state index in [9.17, 15) is 4.79 Å². The van der Waals surface area contributed by atoms with Crippen LogP contribution in [-0.4, -0.2) is 74.4 Å². The molecule has 0 bridgehead atoms. The molecule has 5 heteroatoms. The Morgan fingerprint density at radius 2 is 1.86 bits per heavy atom. The minimum atomic E-state index is 0.128. The SMILES string of the molecule is CN(C)C(=NCCN1CCc2ccccc2C1=O)N(C)C. The summed E-state index contributed by atoms with van der Waals surface area (Å²) in [6.07, 6.45) is 0.930. The van der Waals surface area contributed by atoms with Gasteiger partial charge in [0.1, 0.15) is 0 Å². The van der Waals surface area contributed by atoms with E-state index >= 15 is 0 Å². The van der Waals surface area contributed by atoms with Crippen molar-refractivity contribution in [1.82, 2.24) is 14.7 Å². The van der Waals surface area contributed by atoms with Crippen LogP contribution in [0.3, 0.4) is 0 Å². The van der Waals surface area contributed by atoms with Gasteiger partial charge in [0.2, 0.25) is 0 Å². The highest BCUT2D eigenvalue weighted by atomic mass is 16.2. The van der Waals surface area contributed by atoms with Gasteiger partial charge >= 0.3 is 0 Å². The van der Waals surface area contributed by atoms with Crippen LogP contribution in [0.5, 0.6) is 0 Å². The molecule has 1 heterocycles. The predicted octanol–water partition coefficient (Wildman–Crippen LogP) is 1.16. The molecule has 0 N–H and O–H groups in total. The average Bonchev–Trinajstić information content (AvgIpc) is 2.45. The van der Waals surface area contributed by atoms with Crippen LogP contribution in [0, 0.1) is 0 Å². The number of nitrogens with zero attached hydrogens (tertiary/aromatic N) is 4. The summed E-state index contributed by atoms with van der Waals surface area (Å²) < 4.78 is 0. The van der Waals surface area contributed by atoms with Gasteiger partial charge in [0, 0.05) is 46.8 Å². The number of rotatable bonds is 3. The third kappa shape index (κ3) is 3.54. The molecule has 0 atom stereocenters. The Morgan fingerprint density at radius 1 is 1.19 bits per heavy atom. The summed E-state index contributed by atoms with van der Waals surface area (Å²) in [6.45, 7) is 2.07. The van der Waals surface area contributed by atoms with Gasteiger partial charge < -0.3 is 14.7 Å². The van der Waals surface area contributed by atoms with E-state index < -0.39 is 0 Å². The van der Waals surface area contributed by atoms with Gasteiger partial charge in [0.25, 0.3) is 5.91 Å². The van der Waals surface area contributed by atoms with Crippen molar-refractivity contribution in [2.45, 2.75) is 6.42 Å². The number of fused-ring (bicyclic) bond motifs is 1. The number of hydrogen-bond acceptors (Lipinski definition) is 2.